The van der Waals surface area contributed by atoms with Crippen LogP contribution in [0.5, 0.6) is 5.75 Å². The van der Waals surface area contributed by atoms with E-state index in [4.69, 9.17) is 17.3 Å². The van der Waals surface area contributed by atoms with Crippen molar-refractivity contribution in [2.24, 2.45) is 0 Å². The summed E-state index contributed by atoms with van der Waals surface area (Å²) in [4.78, 5) is 4.68. The number of rotatable bonds is 2. The Morgan fingerprint density at radius 3 is 2.71 bits per heavy atom. The predicted molar refractivity (Wildman–Crippen MR) is 84.5 cm³/mol. The molecule has 1 aliphatic rings. The van der Waals surface area contributed by atoms with E-state index in [1.54, 1.807) is 12.1 Å². The third kappa shape index (κ3) is 2.03. The second-order valence-corrected chi connectivity index (χ2v) is 5.88. The van der Waals surface area contributed by atoms with E-state index in [0.29, 0.717) is 22.3 Å². The van der Waals surface area contributed by atoms with Crippen molar-refractivity contribution in [1.29, 1.82) is 0 Å². The van der Waals surface area contributed by atoms with Gasteiger partial charge in [-0.2, -0.15) is 0 Å². The van der Waals surface area contributed by atoms with Crippen LogP contribution >= 0.6 is 11.6 Å². The van der Waals surface area contributed by atoms with E-state index in [1.165, 1.54) is 0 Å². The van der Waals surface area contributed by atoms with E-state index in [1.807, 2.05) is 24.3 Å². The molecule has 4 rings (SSSR count). The molecule has 0 spiro atoms. The minimum atomic E-state index is 0.151. The predicted octanol–water partition coefficient (Wildman–Crippen LogP) is 3.98. The number of nitrogens with zero attached hydrogens (tertiary/aromatic N) is 2. The monoisotopic (exact) mass is 299 g/mol. The third-order valence-corrected chi connectivity index (χ3v) is 4.06. The number of nitrogen functional groups attached to an aromatic ring is 1. The van der Waals surface area contributed by atoms with Crippen LogP contribution in [0.2, 0.25) is 5.02 Å². The van der Waals surface area contributed by atoms with E-state index >= 15 is 0 Å². The lowest BCUT2D eigenvalue weighted by atomic mass is 10.1. The molecular weight excluding hydrogens is 286 g/mol. The molecule has 2 aromatic carbocycles. The first-order valence-electron chi connectivity index (χ1n) is 6.90. The molecule has 4 nitrogen and oxygen atoms in total. The molecule has 5 heteroatoms. The summed E-state index contributed by atoms with van der Waals surface area (Å²) < 4.78 is 2.17. The van der Waals surface area contributed by atoms with E-state index in [-0.39, 0.29) is 5.75 Å². The summed E-state index contributed by atoms with van der Waals surface area (Å²) in [5, 5.41) is 10.9. The number of anilines is 1. The van der Waals surface area contributed by atoms with Gasteiger partial charge in [0, 0.05) is 22.8 Å². The Hall–Kier alpha value is -2.20. The summed E-state index contributed by atoms with van der Waals surface area (Å²) in [5.41, 5.74) is 8.84. The number of phenolic OH excluding ortho intramolecular Hbond substituents is 1. The van der Waals surface area contributed by atoms with Gasteiger partial charge in [0.2, 0.25) is 0 Å². The standard InChI is InChI=1S/C16H14ClN3O/c17-9-1-6-13-14(7-9)20(11-3-4-11)16(19-13)12-5-2-10(18)8-15(12)21/h1-2,5-8,11,21H,3-4,18H2. The van der Waals surface area contributed by atoms with E-state index < -0.39 is 0 Å². The Bertz CT molecular complexity index is 852. The highest BCUT2D eigenvalue weighted by atomic mass is 35.5. The zero-order valence-electron chi connectivity index (χ0n) is 11.3. The third-order valence-electron chi connectivity index (χ3n) is 3.83. The highest BCUT2D eigenvalue weighted by Crippen LogP contribution is 2.43. The largest absolute Gasteiger partial charge is 0.507 e. The van der Waals surface area contributed by atoms with Gasteiger partial charge in [-0.05, 0) is 43.2 Å². The molecule has 3 aromatic rings. The van der Waals surface area contributed by atoms with E-state index in [2.05, 4.69) is 9.55 Å². The molecule has 1 aliphatic carbocycles. The molecule has 3 N–H and O–H groups in total. The zero-order chi connectivity index (χ0) is 14.6. The lowest BCUT2D eigenvalue weighted by molar-refractivity contribution is 0.477. The summed E-state index contributed by atoms with van der Waals surface area (Å²) >= 11 is 6.12. The number of fused-ring (bicyclic) bond motifs is 1. The number of hydrogen-bond donors (Lipinski definition) is 2. The summed E-state index contributed by atoms with van der Waals surface area (Å²) in [6.07, 6.45) is 2.25. The maximum atomic E-state index is 10.2. The fourth-order valence-corrected chi connectivity index (χ4v) is 2.86. The summed E-state index contributed by atoms with van der Waals surface area (Å²) in [6, 6.07) is 11.2. The molecule has 0 radical (unpaired) electrons. The van der Waals surface area contributed by atoms with E-state index in [9.17, 15) is 5.11 Å². The van der Waals surface area contributed by atoms with Gasteiger partial charge in [0.25, 0.3) is 0 Å². The first-order valence-corrected chi connectivity index (χ1v) is 7.27. The van der Waals surface area contributed by atoms with Crippen molar-refractivity contribution in [3.63, 3.8) is 0 Å². The fourth-order valence-electron chi connectivity index (χ4n) is 2.70. The minimum absolute atomic E-state index is 0.151. The maximum Gasteiger partial charge on any atom is 0.145 e. The number of aromatic nitrogens is 2. The van der Waals surface area contributed by atoms with Gasteiger partial charge >= 0.3 is 0 Å². The lowest BCUT2D eigenvalue weighted by Gasteiger charge is -2.09. The summed E-state index contributed by atoms with van der Waals surface area (Å²) in [5.74, 6) is 0.922. The molecule has 0 unspecified atom stereocenters. The van der Waals surface area contributed by atoms with Gasteiger partial charge in [0.1, 0.15) is 11.6 Å². The molecule has 0 atom stereocenters. The second kappa shape index (κ2) is 4.40. The van der Waals surface area contributed by atoms with Gasteiger partial charge < -0.3 is 15.4 Å². The average molecular weight is 300 g/mol. The molecule has 106 valence electrons. The number of phenols is 1. The number of halogens is 1. The van der Waals surface area contributed by atoms with Crippen molar-refractivity contribution in [3.05, 3.63) is 41.4 Å². The summed E-state index contributed by atoms with van der Waals surface area (Å²) in [7, 11) is 0. The van der Waals surface area contributed by atoms with Gasteiger partial charge in [0.15, 0.2) is 0 Å². The van der Waals surface area contributed by atoms with Crippen molar-refractivity contribution >= 4 is 28.3 Å². The lowest BCUT2D eigenvalue weighted by Crippen LogP contribution is -1.98. The van der Waals surface area contributed by atoms with Crippen LogP contribution in [-0.4, -0.2) is 14.7 Å². The van der Waals surface area contributed by atoms with Crippen LogP contribution in [0.1, 0.15) is 18.9 Å². The smallest absolute Gasteiger partial charge is 0.145 e. The fraction of sp³-hybridized carbons (Fsp3) is 0.188. The molecule has 0 aliphatic heterocycles. The quantitative estimate of drug-likeness (QED) is 0.704. The zero-order valence-corrected chi connectivity index (χ0v) is 12.0. The Kier molecular flexibility index (Phi) is 2.62. The molecule has 1 saturated carbocycles. The van der Waals surface area contributed by atoms with Crippen LogP contribution in [0.4, 0.5) is 5.69 Å². The molecule has 21 heavy (non-hydrogen) atoms. The van der Waals surface area contributed by atoms with E-state index in [0.717, 1.165) is 29.7 Å². The second-order valence-electron chi connectivity index (χ2n) is 5.45. The van der Waals surface area contributed by atoms with Crippen LogP contribution in [-0.2, 0) is 0 Å². The molecule has 0 bridgehead atoms. The number of imidazole rings is 1. The van der Waals surface area contributed by atoms with Gasteiger partial charge in [0.05, 0.1) is 16.6 Å². The molecular formula is C16H14ClN3O. The Labute approximate surface area is 126 Å². The molecule has 1 heterocycles. The van der Waals surface area contributed by atoms with Crippen LogP contribution < -0.4 is 5.73 Å². The minimum Gasteiger partial charge on any atom is -0.507 e. The van der Waals surface area contributed by atoms with Gasteiger partial charge in [-0.25, -0.2) is 4.98 Å². The summed E-state index contributed by atoms with van der Waals surface area (Å²) in [6.45, 7) is 0. The van der Waals surface area contributed by atoms with Crippen molar-refractivity contribution in [2.45, 2.75) is 18.9 Å². The Morgan fingerprint density at radius 2 is 2.00 bits per heavy atom. The van der Waals surface area contributed by atoms with Gasteiger partial charge in [-0.1, -0.05) is 11.6 Å². The number of benzene rings is 2. The molecule has 1 fully saturated rings. The first-order chi connectivity index (χ1) is 10.1. The van der Waals surface area contributed by atoms with Crippen molar-refractivity contribution in [1.82, 2.24) is 9.55 Å². The number of nitrogens with two attached hydrogens (primary N) is 1. The van der Waals surface area contributed by atoms with Crippen molar-refractivity contribution < 1.29 is 5.11 Å². The first kappa shape index (κ1) is 12.5. The van der Waals surface area contributed by atoms with Crippen molar-refractivity contribution in [2.75, 3.05) is 5.73 Å². The van der Waals surface area contributed by atoms with Crippen molar-refractivity contribution in [3.8, 4) is 17.1 Å². The van der Waals surface area contributed by atoms with Gasteiger partial charge in [-0.15, -0.1) is 0 Å². The maximum absolute atomic E-state index is 10.2. The normalized spacial score (nSPS) is 14.7. The van der Waals surface area contributed by atoms with Crippen LogP contribution in [0.15, 0.2) is 36.4 Å². The van der Waals surface area contributed by atoms with Crippen LogP contribution in [0.25, 0.3) is 22.4 Å². The Balaban J connectivity index is 2.01. The Morgan fingerprint density at radius 1 is 1.19 bits per heavy atom. The highest BCUT2D eigenvalue weighted by Gasteiger charge is 2.29. The van der Waals surface area contributed by atoms with Crippen LogP contribution in [0, 0.1) is 0 Å². The highest BCUT2D eigenvalue weighted by molar-refractivity contribution is 6.31. The van der Waals surface area contributed by atoms with Crippen LogP contribution in [0.3, 0.4) is 0 Å². The number of hydrogen-bond acceptors (Lipinski definition) is 3. The molecule has 0 saturated heterocycles. The average Bonchev–Trinajstić information content (AvgIpc) is 3.20. The topological polar surface area (TPSA) is 64.1 Å². The molecule has 1 aromatic heterocycles. The number of aromatic hydroxyl groups is 1. The SMILES string of the molecule is Nc1ccc(-c2nc3ccc(Cl)cc3n2C2CC2)c(O)c1. The molecule has 0 amide bonds. The van der Waals surface area contributed by atoms with Gasteiger partial charge in [-0.3, -0.25) is 0 Å².